The minimum Gasteiger partial charge on any atom is -0.457 e. The van der Waals surface area contributed by atoms with Gasteiger partial charge in [-0.15, -0.1) is 0 Å². The first-order chi connectivity index (χ1) is 17.3. The zero-order valence-electron chi connectivity index (χ0n) is 22.5. The van der Waals surface area contributed by atoms with Crippen molar-refractivity contribution in [3.05, 3.63) is 59.7 Å². The Morgan fingerprint density at radius 2 is 0.861 bits per heavy atom. The van der Waals surface area contributed by atoms with Crippen LogP contribution in [0.2, 0.25) is 0 Å². The minimum atomic E-state index is -4.64. The van der Waals surface area contributed by atoms with Crippen molar-refractivity contribution >= 4 is 7.82 Å². The van der Waals surface area contributed by atoms with E-state index in [1.807, 2.05) is 0 Å². The van der Waals surface area contributed by atoms with Gasteiger partial charge in [0.1, 0.15) is 11.5 Å². The zero-order chi connectivity index (χ0) is 26.5. The molecule has 36 heavy (non-hydrogen) atoms. The van der Waals surface area contributed by atoms with Gasteiger partial charge in [-0.2, -0.15) is 0 Å². The van der Waals surface area contributed by atoms with Crippen LogP contribution in [-0.2, 0) is 17.4 Å². The maximum Gasteiger partial charge on any atom is 0.466 e. The molecule has 0 saturated heterocycles. The average molecular weight is 521 g/mol. The maximum atomic E-state index is 8.88. The molecule has 0 saturated carbocycles. The highest BCUT2D eigenvalue weighted by Gasteiger charge is 2.08. The lowest BCUT2D eigenvalue weighted by atomic mass is 10.0. The Hall–Kier alpha value is -1.65. The molecule has 0 bridgehead atoms. The lowest BCUT2D eigenvalue weighted by molar-refractivity contribution is 0.275. The SMILES string of the molecule is CCCCCCCCCc1ccccc1Oc1ccccc1CCCCCCCCC.O=P(O)(O)O. The second-order valence-corrected chi connectivity index (χ2v) is 10.6. The van der Waals surface area contributed by atoms with Gasteiger partial charge >= 0.3 is 7.82 Å². The summed E-state index contributed by atoms with van der Waals surface area (Å²) in [7, 11) is -4.64. The van der Waals surface area contributed by atoms with Crippen LogP contribution in [0, 0.1) is 0 Å². The number of unbranched alkanes of at least 4 members (excludes halogenated alkanes) is 12. The molecule has 0 aromatic heterocycles. The Bertz CT molecular complexity index is 781. The molecule has 0 aliphatic rings. The third-order valence-corrected chi connectivity index (χ3v) is 6.26. The van der Waals surface area contributed by atoms with E-state index < -0.39 is 7.82 Å². The highest BCUT2D eigenvalue weighted by molar-refractivity contribution is 7.45. The van der Waals surface area contributed by atoms with Gasteiger partial charge < -0.3 is 19.4 Å². The van der Waals surface area contributed by atoms with Crippen LogP contribution < -0.4 is 4.74 Å². The molecule has 0 radical (unpaired) electrons. The van der Waals surface area contributed by atoms with Crippen LogP contribution in [0.1, 0.15) is 115 Å². The largest absolute Gasteiger partial charge is 0.466 e. The fourth-order valence-electron chi connectivity index (χ4n) is 4.28. The standard InChI is InChI=1S/C30H46O.H3O4P/c1-3-5-7-9-11-13-15-21-27-23-17-19-25-29(27)31-30-26-20-18-24-28(30)22-16-14-12-10-8-6-4-2;1-5(2,3)4/h17-20,23-26H,3-16,21-22H2,1-2H3;(H3,1,2,3,4). The molecular formula is C30H49O5P. The number of ether oxygens (including phenoxy) is 1. The second kappa shape index (κ2) is 20.4. The molecule has 2 rings (SSSR count). The summed E-state index contributed by atoms with van der Waals surface area (Å²) in [5, 5.41) is 0. The lowest BCUT2D eigenvalue weighted by Crippen LogP contribution is -1.96. The monoisotopic (exact) mass is 520 g/mol. The van der Waals surface area contributed by atoms with Crippen LogP contribution >= 0.6 is 7.82 Å². The van der Waals surface area contributed by atoms with Gasteiger partial charge in [-0.05, 0) is 48.9 Å². The molecule has 0 atom stereocenters. The van der Waals surface area contributed by atoms with Crippen molar-refractivity contribution in [2.75, 3.05) is 0 Å². The van der Waals surface area contributed by atoms with Crippen molar-refractivity contribution in [2.45, 2.75) is 117 Å². The summed E-state index contributed by atoms with van der Waals surface area (Å²) in [6.45, 7) is 4.56. The molecule has 0 amide bonds. The van der Waals surface area contributed by atoms with E-state index in [1.54, 1.807) is 0 Å². The Morgan fingerprint density at radius 3 is 1.22 bits per heavy atom. The van der Waals surface area contributed by atoms with Gasteiger partial charge in [-0.1, -0.05) is 127 Å². The molecule has 3 N–H and O–H groups in total. The molecule has 0 aliphatic heterocycles. The van der Waals surface area contributed by atoms with Crippen molar-refractivity contribution in [2.24, 2.45) is 0 Å². The molecule has 5 nitrogen and oxygen atoms in total. The van der Waals surface area contributed by atoms with Crippen LogP contribution in [0.4, 0.5) is 0 Å². The predicted molar refractivity (Wildman–Crippen MR) is 151 cm³/mol. The van der Waals surface area contributed by atoms with E-state index in [9.17, 15) is 0 Å². The molecule has 6 heteroatoms. The van der Waals surface area contributed by atoms with Crippen LogP contribution in [0.15, 0.2) is 48.5 Å². The molecule has 0 unspecified atom stereocenters. The molecule has 2 aromatic rings. The number of benzene rings is 2. The molecule has 0 aliphatic carbocycles. The predicted octanol–water partition coefficient (Wildman–Crippen LogP) is 9.14. The Kier molecular flexibility index (Phi) is 18.4. The van der Waals surface area contributed by atoms with Crippen molar-refractivity contribution in [1.82, 2.24) is 0 Å². The number of hydrogen-bond donors (Lipinski definition) is 3. The van der Waals surface area contributed by atoms with Gasteiger partial charge in [0.2, 0.25) is 0 Å². The molecular weight excluding hydrogens is 471 g/mol. The number of phosphoric acid groups is 1. The topological polar surface area (TPSA) is 87.0 Å². The second-order valence-electron chi connectivity index (χ2n) is 9.57. The first-order valence-corrected chi connectivity index (χ1v) is 15.5. The fraction of sp³-hybridized carbons (Fsp3) is 0.600. The average Bonchev–Trinajstić information content (AvgIpc) is 2.84. The van der Waals surface area contributed by atoms with Crippen LogP contribution in [0.25, 0.3) is 0 Å². The highest BCUT2D eigenvalue weighted by atomic mass is 31.2. The van der Waals surface area contributed by atoms with Crippen LogP contribution in [0.3, 0.4) is 0 Å². The van der Waals surface area contributed by atoms with Crippen molar-refractivity contribution in [3.63, 3.8) is 0 Å². The van der Waals surface area contributed by atoms with Gasteiger partial charge in [0, 0.05) is 0 Å². The summed E-state index contributed by atoms with van der Waals surface area (Å²) in [5.74, 6) is 2.08. The third-order valence-electron chi connectivity index (χ3n) is 6.26. The maximum absolute atomic E-state index is 8.88. The van der Waals surface area contributed by atoms with Gasteiger partial charge in [-0.25, -0.2) is 4.57 Å². The minimum absolute atomic E-state index is 1.04. The van der Waals surface area contributed by atoms with E-state index >= 15 is 0 Å². The summed E-state index contributed by atoms with van der Waals surface area (Å²) < 4.78 is 15.3. The first-order valence-electron chi connectivity index (χ1n) is 14.0. The van der Waals surface area contributed by atoms with E-state index in [-0.39, 0.29) is 0 Å². The third kappa shape index (κ3) is 17.7. The Labute approximate surface area is 219 Å². The number of para-hydroxylation sites is 2. The van der Waals surface area contributed by atoms with E-state index in [1.165, 1.54) is 101 Å². The number of aryl methyl sites for hydroxylation is 2. The molecule has 2 aromatic carbocycles. The summed E-state index contributed by atoms with van der Waals surface area (Å²) in [5.41, 5.74) is 2.70. The van der Waals surface area contributed by atoms with Crippen LogP contribution in [0.5, 0.6) is 11.5 Å². The zero-order valence-corrected chi connectivity index (χ0v) is 23.4. The summed E-state index contributed by atoms with van der Waals surface area (Å²) in [4.78, 5) is 21.6. The van der Waals surface area contributed by atoms with Gasteiger partial charge in [0.25, 0.3) is 0 Å². The summed E-state index contributed by atoms with van der Waals surface area (Å²) >= 11 is 0. The fourth-order valence-corrected chi connectivity index (χ4v) is 4.28. The molecule has 0 spiro atoms. The first kappa shape index (κ1) is 32.4. The van der Waals surface area contributed by atoms with Gasteiger partial charge in [0.15, 0.2) is 0 Å². The molecule has 0 heterocycles. The van der Waals surface area contributed by atoms with Crippen LogP contribution in [-0.4, -0.2) is 14.7 Å². The smallest absolute Gasteiger partial charge is 0.457 e. The van der Waals surface area contributed by atoms with Gasteiger partial charge in [-0.3, -0.25) is 0 Å². The summed E-state index contributed by atoms with van der Waals surface area (Å²) in [6.07, 6.45) is 21.1. The molecule has 0 fully saturated rings. The van der Waals surface area contributed by atoms with Crippen molar-refractivity contribution in [3.8, 4) is 11.5 Å². The van der Waals surface area contributed by atoms with E-state index in [0.29, 0.717) is 0 Å². The Morgan fingerprint density at radius 1 is 0.556 bits per heavy atom. The van der Waals surface area contributed by atoms with E-state index in [0.717, 1.165) is 24.3 Å². The lowest BCUT2D eigenvalue weighted by Gasteiger charge is -2.14. The van der Waals surface area contributed by atoms with Gasteiger partial charge in [0.05, 0.1) is 0 Å². The summed E-state index contributed by atoms with van der Waals surface area (Å²) in [6, 6.07) is 17.3. The Balaban J connectivity index is 0.00000118. The molecule has 204 valence electrons. The van der Waals surface area contributed by atoms with E-state index in [4.69, 9.17) is 24.0 Å². The van der Waals surface area contributed by atoms with Crippen molar-refractivity contribution in [1.29, 1.82) is 0 Å². The van der Waals surface area contributed by atoms with E-state index in [2.05, 4.69) is 62.4 Å². The number of rotatable bonds is 18. The normalized spacial score (nSPS) is 11.1. The quantitative estimate of drug-likeness (QED) is 0.135. The number of hydrogen-bond acceptors (Lipinski definition) is 2. The highest BCUT2D eigenvalue weighted by Crippen LogP contribution is 2.30. The van der Waals surface area contributed by atoms with Crippen molar-refractivity contribution < 1.29 is 24.0 Å².